The van der Waals surface area contributed by atoms with Gasteiger partial charge in [-0.1, -0.05) is 12.1 Å². The third kappa shape index (κ3) is 4.12. The molecule has 2 aromatic rings. The second kappa shape index (κ2) is 7.32. The van der Waals surface area contributed by atoms with Crippen molar-refractivity contribution in [1.29, 1.82) is 0 Å². The van der Waals surface area contributed by atoms with Gasteiger partial charge in [0.2, 0.25) is 11.9 Å². The van der Waals surface area contributed by atoms with Crippen LogP contribution in [0.1, 0.15) is 42.9 Å². The predicted octanol–water partition coefficient (Wildman–Crippen LogP) is 2.39. The molecule has 2 heterocycles. The fourth-order valence-electron chi connectivity index (χ4n) is 3.40. The Morgan fingerprint density at radius 2 is 2.00 bits per heavy atom. The molecule has 136 valence electrons. The Morgan fingerprint density at radius 1 is 1.19 bits per heavy atom. The van der Waals surface area contributed by atoms with Gasteiger partial charge in [-0.25, -0.2) is 9.97 Å². The van der Waals surface area contributed by atoms with Gasteiger partial charge in [0, 0.05) is 43.4 Å². The highest BCUT2D eigenvalue weighted by Crippen LogP contribution is 2.39. The lowest BCUT2D eigenvalue weighted by Gasteiger charge is -2.17. The molecule has 6 heteroatoms. The standard InChI is InChI=1S/C20H24N4O2/c25-17-6-1-14(2-7-17)3-8-19(26)22-16-10-12-24(13-16)20-21-11-9-18(23-20)15-4-5-15/h1-2,6-7,9,11,15-16,25H,3-5,8,10,12-13H2,(H,22,26). The van der Waals surface area contributed by atoms with Crippen LogP contribution in [0.15, 0.2) is 36.5 Å². The van der Waals surface area contributed by atoms with Gasteiger partial charge >= 0.3 is 0 Å². The number of aryl methyl sites for hydroxylation is 1. The maximum Gasteiger partial charge on any atom is 0.225 e. The van der Waals surface area contributed by atoms with E-state index >= 15 is 0 Å². The molecule has 1 amide bonds. The summed E-state index contributed by atoms with van der Waals surface area (Å²) in [6, 6.07) is 9.17. The highest BCUT2D eigenvalue weighted by Gasteiger charge is 2.28. The topological polar surface area (TPSA) is 78.4 Å². The Labute approximate surface area is 153 Å². The number of phenols is 1. The number of hydrogen-bond donors (Lipinski definition) is 2. The summed E-state index contributed by atoms with van der Waals surface area (Å²) in [7, 11) is 0. The summed E-state index contributed by atoms with van der Waals surface area (Å²) in [6.45, 7) is 1.64. The molecule has 1 aromatic carbocycles. The van der Waals surface area contributed by atoms with E-state index in [4.69, 9.17) is 4.98 Å². The molecule has 1 aliphatic carbocycles. The summed E-state index contributed by atoms with van der Waals surface area (Å²) in [6.07, 6.45) is 6.36. The van der Waals surface area contributed by atoms with Gasteiger partial charge in [0.05, 0.1) is 0 Å². The number of hydrogen-bond acceptors (Lipinski definition) is 5. The molecule has 1 saturated carbocycles. The second-order valence-corrected chi connectivity index (χ2v) is 7.22. The van der Waals surface area contributed by atoms with Gasteiger partial charge in [-0.2, -0.15) is 0 Å². The number of carbonyl (C=O) groups excluding carboxylic acids is 1. The molecule has 0 spiro atoms. The van der Waals surface area contributed by atoms with Gasteiger partial charge in [-0.15, -0.1) is 0 Å². The molecule has 4 rings (SSSR count). The van der Waals surface area contributed by atoms with Crippen molar-refractivity contribution in [3.8, 4) is 5.75 Å². The van der Waals surface area contributed by atoms with Gasteiger partial charge in [0.1, 0.15) is 5.75 Å². The number of nitrogens with zero attached hydrogens (tertiary/aromatic N) is 3. The van der Waals surface area contributed by atoms with Crippen LogP contribution in [0.4, 0.5) is 5.95 Å². The summed E-state index contributed by atoms with van der Waals surface area (Å²) in [4.78, 5) is 23.5. The third-order valence-electron chi connectivity index (χ3n) is 5.07. The summed E-state index contributed by atoms with van der Waals surface area (Å²) < 4.78 is 0. The quantitative estimate of drug-likeness (QED) is 0.835. The van der Waals surface area contributed by atoms with Crippen molar-refractivity contribution in [1.82, 2.24) is 15.3 Å². The van der Waals surface area contributed by atoms with Crippen LogP contribution < -0.4 is 10.2 Å². The molecule has 0 radical (unpaired) electrons. The normalized spacial score (nSPS) is 19.5. The van der Waals surface area contributed by atoms with Crippen molar-refractivity contribution in [2.24, 2.45) is 0 Å². The number of aromatic hydroxyl groups is 1. The Kier molecular flexibility index (Phi) is 4.73. The molecule has 1 atom stereocenters. The first-order chi connectivity index (χ1) is 12.7. The molecular formula is C20H24N4O2. The van der Waals surface area contributed by atoms with E-state index in [0.717, 1.165) is 36.7 Å². The fourth-order valence-corrected chi connectivity index (χ4v) is 3.40. The molecule has 26 heavy (non-hydrogen) atoms. The first-order valence-corrected chi connectivity index (χ1v) is 9.32. The van der Waals surface area contributed by atoms with Gasteiger partial charge in [0.15, 0.2) is 0 Å². The summed E-state index contributed by atoms with van der Waals surface area (Å²) in [5, 5.41) is 12.4. The molecule has 2 fully saturated rings. The van der Waals surface area contributed by atoms with E-state index in [1.807, 2.05) is 24.4 Å². The lowest BCUT2D eigenvalue weighted by Crippen LogP contribution is -2.37. The van der Waals surface area contributed by atoms with E-state index in [0.29, 0.717) is 18.8 Å². The van der Waals surface area contributed by atoms with Crippen LogP contribution in [0.5, 0.6) is 5.75 Å². The van der Waals surface area contributed by atoms with Gasteiger partial charge < -0.3 is 15.3 Å². The number of anilines is 1. The maximum absolute atomic E-state index is 12.2. The zero-order valence-corrected chi connectivity index (χ0v) is 14.8. The number of nitrogens with one attached hydrogen (secondary N) is 1. The van der Waals surface area contributed by atoms with Crippen molar-refractivity contribution in [3.05, 3.63) is 47.8 Å². The monoisotopic (exact) mass is 352 g/mol. The maximum atomic E-state index is 12.2. The highest BCUT2D eigenvalue weighted by molar-refractivity contribution is 5.76. The number of aromatic nitrogens is 2. The molecule has 1 saturated heterocycles. The third-order valence-corrected chi connectivity index (χ3v) is 5.07. The van der Waals surface area contributed by atoms with Crippen molar-refractivity contribution >= 4 is 11.9 Å². The van der Waals surface area contributed by atoms with Gasteiger partial charge in [-0.3, -0.25) is 4.79 Å². The van der Waals surface area contributed by atoms with Crippen LogP contribution in [-0.2, 0) is 11.2 Å². The first kappa shape index (κ1) is 16.8. The summed E-state index contributed by atoms with van der Waals surface area (Å²) >= 11 is 0. The Balaban J connectivity index is 1.26. The Hall–Kier alpha value is -2.63. The molecule has 1 unspecified atom stereocenters. The van der Waals surface area contributed by atoms with Crippen LogP contribution in [0, 0.1) is 0 Å². The van der Waals surface area contributed by atoms with Gasteiger partial charge in [0.25, 0.3) is 0 Å². The molecule has 1 aromatic heterocycles. The van der Waals surface area contributed by atoms with E-state index in [1.165, 1.54) is 12.8 Å². The van der Waals surface area contributed by atoms with E-state index < -0.39 is 0 Å². The predicted molar refractivity (Wildman–Crippen MR) is 99.2 cm³/mol. The average molecular weight is 352 g/mol. The Bertz CT molecular complexity index is 774. The minimum absolute atomic E-state index is 0.0672. The number of amides is 1. The van der Waals surface area contributed by atoms with Crippen LogP contribution in [0.2, 0.25) is 0 Å². The highest BCUT2D eigenvalue weighted by atomic mass is 16.3. The number of rotatable bonds is 6. The van der Waals surface area contributed by atoms with Crippen LogP contribution in [0.3, 0.4) is 0 Å². The van der Waals surface area contributed by atoms with E-state index in [9.17, 15) is 9.90 Å². The SMILES string of the molecule is O=C(CCc1ccc(O)cc1)NC1CCN(c2nccc(C3CC3)n2)C1. The average Bonchev–Trinajstić information content (AvgIpc) is 3.41. The summed E-state index contributed by atoms with van der Waals surface area (Å²) in [5.41, 5.74) is 2.20. The van der Waals surface area contributed by atoms with Crippen LogP contribution >= 0.6 is 0 Å². The lowest BCUT2D eigenvalue weighted by atomic mass is 10.1. The largest absolute Gasteiger partial charge is 0.508 e. The zero-order chi connectivity index (χ0) is 17.9. The fraction of sp³-hybridized carbons (Fsp3) is 0.450. The lowest BCUT2D eigenvalue weighted by molar-refractivity contribution is -0.121. The van der Waals surface area contributed by atoms with Crippen LogP contribution in [0.25, 0.3) is 0 Å². The minimum atomic E-state index is 0.0672. The Morgan fingerprint density at radius 3 is 2.77 bits per heavy atom. The molecule has 1 aliphatic heterocycles. The van der Waals surface area contributed by atoms with Crippen molar-refractivity contribution in [3.63, 3.8) is 0 Å². The number of phenolic OH excluding ortho intramolecular Hbond substituents is 1. The molecular weight excluding hydrogens is 328 g/mol. The summed E-state index contributed by atoms with van der Waals surface area (Å²) in [5.74, 6) is 1.72. The molecule has 2 aliphatic rings. The van der Waals surface area contributed by atoms with Crippen molar-refractivity contribution < 1.29 is 9.90 Å². The number of carbonyl (C=O) groups is 1. The number of benzene rings is 1. The van der Waals surface area contributed by atoms with E-state index in [-0.39, 0.29) is 17.7 Å². The smallest absolute Gasteiger partial charge is 0.225 e. The minimum Gasteiger partial charge on any atom is -0.508 e. The molecule has 6 nitrogen and oxygen atoms in total. The van der Waals surface area contributed by atoms with Crippen LogP contribution in [-0.4, -0.2) is 40.1 Å². The van der Waals surface area contributed by atoms with E-state index in [2.05, 4.69) is 15.2 Å². The first-order valence-electron chi connectivity index (χ1n) is 9.32. The van der Waals surface area contributed by atoms with E-state index in [1.54, 1.807) is 12.1 Å². The van der Waals surface area contributed by atoms with Gasteiger partial charge in [-0.05, 0) is 49.4 Å². The van der Waals surface area contributed by atoms with Crippen molar-refractivity contribution in [2.45, 2.75) is 44.1 Å². The molecule has 0 bridgehead atoms. The second-order valence-electron chi connectivity index (χ2n) is 7.22. The van der Waals surface area contributed by atoms with Crippen molar-refractivity contribution in [2.75, 3.05) is 18.0 Å². The molecule has 2 N–H and O–H groups in total. The zero-order valence-electron chi connectivity index (χ0n) is 14.8.